The summed E-state index contributed by atoms with van der Waals surface area (Å²) in [5.41, 5.74) is 2.84. The number of halogens is 2. The van der Waals surface area contributed by atoms with Crippen LogP contribution in [0.25, 0.3) is 0 Å². The number of hydrogen-bond acceptors (Lipinski definition) is 2. The van der Waals surface area contributed by atoms with Gasteiger partial charge in [-0.05, 0) is 43.2 Å². The van der Waals surface area contributed by atoms with Crippen LogP contribution in [0.1, 0.15) is 18.1 Å². The number of anilines is 1. The number of amides is 1. The van der Waals surface area contributed by atoms with Crippen LogP contribution in [-0.2, 0) is 10.5 Å². The van der Waals surface area contributed by atoms with Crippen LogP contribution in [0.5, 0.6) is 0 Å². The molecule has 0 radical (unpaired) electrons. The van der Waals surface area contributed by atoms with Crippen molar-refractivity contribution in [1.29, 1.82) is 0 Å². The fraction of sp³-hybridized carbons (Fsp3) is 0.235. The number of carbonyl (C=O) groups excluding carboxylic acids is 1. The SMILES string of the molecule is Cc1c(Cl)cccc1NC(=O)[C@H](C)SCc1ccccc1Br. The summed E-state index contributed by atoms with van der Waals surface area (Å²) in [5.74, 6) is 0.771. The molecular weight excluding hydrogens is 382 g/mol. The van der Waals surface area contributed by atoms with E-state index in [1.54, 1.807) is 11.8 Å². The third-order valence-electron chi connectivity index (χ3n) is 3.34. The second-order valence-electron chi connectivity index (χ2n) is 4.95. The first-order chi connectivity index (χ1) is 10.5. The van der Waals surface area contributed by atoms with Gasteiger partial charge in [-0.1, -0.05) is 51.8 Å². The van der Waals surface area contributed by atoms with E-state index in [4.69, 9.17) is 11.6 Å². The highest BCUT2D eigenvalue weighted by Crippen LogP contribution is 2.26. The van der Waals surface area contributed by atoms with Gasteiger partial charge >= 0.3 is 0 Å². The Morgan fingerprint density at radius 2 is 2.00 bits per heavy atom. The van der Waals surface area contributed by atoms with Gasteiger partial charge < -0.3 is 5.32 Å². The number of hydrogen-bond donors (Lipinski definition) is 1. The van der Waals surface area contributed by atoms with E-state index in [-0.39, 0.29) is 11.2 Å². The van der Waals surface area contributed by atoms with Crippen LogP contribution in [0.2, 0.25) is 5.02 Å². The predicted octanol–water partition coefficient (Wildman–Crippen LogP) is 5.67. The molecule has 1 atom stereocenters. The fourth-order valence-electron chi connectivity index (χ4n) is 1.88. The maximum atomic E-state index is 12.3. The quantitative estimate of drug-likeness (QED) is 0.703. The Labute approximate surface area is 148 Å². The smallest absolute Gasteiger partial charge is 0.237 e. The van der Waals surface area contributed by atoms with Crippen molar-refractivity contribution >= 4 is 50.9 Å². The van der Waals surface area contributed by atoms with Crippen LogP contribution in [-0.4, -0.2) is 11.2 Å². The van der Waals surface area contributed by atoms with Crippen molar-refractivity contribution in [3.8, 4) is 0 Å². The summed E-state index contributed by atoms with van der Waals surface area (Å²) in [6.07, 6.45) is 0. The molecule has 2 aromatic carbocycles. The molecule has 22 heavy (non-hydrogen) atoms. The van der Waals surface area contributed by atoms with E-state index >= 15 is 0 Å². The molecule has 0 fully saturated rings. The van der Waals surface area contributed by atoms with Gasteiger partial charge in [0.05, 0.1) is 5.25 Å². The standard InChI is InChI=1S/C17H17BrClNOS/c1-11-15(19)8-5-9-16(11)20-17(21)12(2)22-10-13-6-3-4-7-14(13)18/h3-9,12H,10H2,1-2H3,(H,20,21)/t12-/m0/s1. The molecule has 0 aliphatic rings. The summed E-state index contributed by atoms with van der Waals surface area (Å²) in [4.78, 5) is 12.3. The van der Waals surface area contributed by atoms with Gasteiger partial charge in [0.25, 0.3) is 0 Å². The molecule has 2 aromatic rings. The van der Waals surface area contributed by atoms with Crippen LogP contribution in [0.15, 0.2) is 46.9 Å². The number of carbonyl (C=O) groups is 1. The Bertz CT molecular complexity index is 677. The van der Waals surface area contributed by atoms with E-state index in [9.17, 15) is 4.79 Å². The summed E-state index contributed by atoms with van der Waals surface area (Å²) >= 11 is 11.2. The predicted molar refractivity (Wildman–Crippen MR) is 99.7 cm³/mol. The van der Waals surface area contributed by atoms with Crippen LogP contribution >= 0.6 is 39.3 Å². The number of thioether (sulfide) groups is 1. The van der Waals surface area contributed by atoms with Crippen LogP contribution < -0.4 is 5.32 Å². The number of benzene rings is 2. The van der Waals surface area contributed by atoms with E-state index in [0.29, 0.717) is 5.02 Å². The average molecular weight is 399 g/mol. The summed E-state index contributed by atoms with van der Waals surface area (Å²) in [5, 5.41) is 3.46. The molecule has 0 heterocycles. The first-order valence-corrected chi connectivity index (χ1v) is 9.12. The largest absolute Gasteiger partial charge is 0.325 e. The molecule has 0 aliphatic carbocycles. The van der Waals surface area contributed by atoms with Gasteiger partial charge in [-0.25, -0.2) is 0 Å². The van der Waals surface area contributed by atoms with Gasteiger partial charge in [0, 0.05) is 20.9 Å². The molecule has 0 unspecified atom stereocenters. The van der Waals surface area contributed by atoms with Gasteiger partial charge in [0.1, 0.15) is 0 Å². The normalized spacial score (nSPS) is 12.0. The average Bonchev–Trinajstić information content (AvgIpc) is 2.50. The molecule has 116 valence electrons. The third kappa shape index (κ3) is 4.51. The van der Waals surface area contributed by atoms with E-state index in [0.717, 1.165) is 21.5 Å². The van der Waals surface area contributed by atoms with Crippen LogP contribution in [0.4, 0.5) is 5.69 Å². The Kier molecular flexibility index (Phi) is 6.36. The van der Waals surface area contributed by atoms with Gasteiger partial charge in [0.15, 0.2) is 0 Å². The zero-order valence-corrected chi connectivity index (χ0v) is 15.6. The van der Waals surface area contributed by atoms with Crippen molar-refractivity contribution in [3.05, 3.63) is 63.1 Å². The molecule has 5 heteroatoms. The lowest BCUT2D eigenvalue weighted by Crippen LogP contribution is -2.23. The molecule has 0 aliphatic heterocycles. The zero-order chi connectivity index (χ0) is 16.1. The summed E-state index contributed by atoms with van der Waals surface area (Å²) in [6.45, 7) is 3.81. The van der Waals surface area contributed by atoms with Crippen molar-refractivity contribution in [1.82, 2.24) is 0 Å². The summed E-state index contributed by atoms with van der Waals surface area (Å²) in [7, 11) is 0. The summed E-state index contributed by atoms with van der Waals surface area (Å²) in [6, 6.07) is 13.6. The lowest BCUT2D eigenvalue weighted by Gasteiger charge is -2.14. The van der Waals surface area contributed by atoms with Crippen LogP contribution in [0.3, 0.4) is 0 Å². The zero-order valence-electron chi connectivity index (χ0n) is 12.4. The van der Waals surface area contributed by atoms with Crippen LogP contribution in [0, 0.1) is 6.92 Å². The minimum Gasteiger partial charge on any atom is -0.325 e. The van der Waals surface area contributed by atoms with E-state index in [1.165, 1.54) is 5.56 Å². The highest BCUT2D eigenvalue weighted by molar-refractivity contribution is 9.10. The van der Waals surface area contributed by atoms with Gasteiger partial charge in [-0.2, -0.15) is 0 Å². The van der Waals surface area contributed by atoms with Crippen molar-refractivity contribution in [3.63, 3.8) is 0 Å². The van der Waals surface area contributed by atoms with Gasteiger partial charge in [-0.3, -0.25) is 4.79 Å². The Morgan fingerprint density at radius 1 is 1.27 bits per heavy atom. The van der Waals surface area contributed by atoms with E-state index in [1.807, 2.05) is 50.2 Å². The monoisotopic (exact) mass is 397 g/mol. The molecule has 2 nitrogen and oxygen atoms in total. The Morgan fingerprint density at radius 3 is 2.73 bits per heavy atom. The molecule has 0 saturated carbocycles. The van der Waals surface area contributed by atoms with E-state index in [2.05, 4.69) is 27.3 Å². The lowest BCUT2D eigenvalue weighted by molar-refractivity contribution is -0.115. The molecule has 0 spiro atoms. The van der Waals surface area contributed by atoms with Crippen molar-refractivity contribution in [2.24, 2.45) is 0 Å². The third-order valence-corrected chi connectivity index (χ3v) is 5.72. The van der Waals surface area contributed by atoms with Gasteiger partial charge in [0.2, 0.25) is 5.91 Å². The number of rotatable bonds is 5. The highest BCUT2D eigenvalue weighted by Gasteiger charge is 2.15. The van der Waals surface area contributed by atoms with Gasteiger partial charge in [-0.15, -0.1) is 11.8 Å². The second-order valence-corrected chi connectivity index (χ2v) is 7.54. The Balaban J connectivity index is 1.95. The Hall–Kier alpha value is -0.970. The van der Waals surface area contributed by atoms with Crippen molar-refractivity contribution < 1.29 is 4.79 Å². The molecule has 1 amide bonds. The molecular formula is C17H17BrClNOS. The maximum absolute atomic E-state index is 12.3. The van der Waals surface area contributed by atoms with Crippen molar-refractivity contribution in [2.45, 2.75) is 24.9 Å². The van der Waals surface area contributed by atoms with E-state index < -0.39 is 0 Å². The number of nitrogens with one attached hydrogen (secondary N) is 1. The molecule has 1 N–H and O–H groups in total. The first-order valence-electron chi connectivity index (χ1n) is 6.90. The minimum atomic E-state index is -0.148. The fourth-order valence-corrected chi connectivity index (χ4v) is 3.56. The lowest BCUT2D eigenvalue weighted by atomic mass is 10.2. The topological polar surface area (TPSA) is 29.1 Å². The molecule has 0 aromatic heterocycles. The minimum absolute atomic E-state index is 0.0116. The highest BCUT2D eigenvalue weighted by atomic mass is 79.9. The first kappa shape index (κ1) is 17.4. The molecule has 0 bridgehead atoms. The van der Waals surface area contributed by atoms with Crippen molar-refractivity contribution in [2.75, 3.05) is 5.32 Å². The second kappa shape index (κ2) is 8.04. The molecule has 0 saturated heterocycles. The maximum Gasteiger partial charge on any atom is 0.237 e. The summed E-state index contributed by atoms with van der Waals surface area (Å²) < 4.78 is 1.07. The molecule has 2 rings (SSSR count).